The summed E-state index contributed by atoms with van der Waals surface area (Å²) in [6, 6.07) is 38.4. The average Bonchev–Trinajstić information content (AvgIpc) is 1.49. The number of carbonyl (C=O) groups excluding carboxylic acids is 4. The maximum atomic E-state index is 14.7. The van der Waals surface area contributed by atoms with Crippen LogP contribution >= 0.6 is 7.82 Å². The smallest absolute Gasteiger partial charge is 0.493 e. The minimum atomic E-state index is -5.02. The fourth-order valence-corrected chi connectivity index (χ4v) is 11.8. The van der Waals surface area contributed by atoms with Crippen LogP contribution in [0.1, 0.15) is 96.4 Å². The summed E-state index contributed by atoms with van der Waals surface area (Å²) < 4.78 is 53.5. The summed E-state index contributed by atoms with van der Waals surface area (Å²) in [5.74, 6) is -0.502. The molecule has 12 N–H and O–H groups in total. The quantitative estimate of drug-likeness (QED) is 0.00673. The van der Waals surface area contributed by atoms with Crippen LogP contribution < -0.4 is 53.4 Å². The van der Waals surface area contributed by atoms with Crippen molar-refractivity contribution in [2.75, 3.05) is 51.8 Å². The second-order valence-corrected chi connectivity index (χ2v) is 25.8. The van der Waals surface area contributed by atoms with Crippen LogP contribution in [0, 0.1) is 5.92 Å². The first-order valence-electron chi connectivity index (χ1n) is 31.6. The molecule has 1 aliphatic heterocycles. The summed E-state index contributed by atoms with van der Waals surface area (Å²) in [6.07, 6.45) is -4.85. The van der Waals surface area contributed by atoms with Crippen molar-refractivity contribution in [2.24, 2.45) is 16.6 Å². The third kappa shape index (κ3) is 18.8. The van der Waals surface area contributed by atoms with E-state index in [1.165, 1.54) is 12.3 Å². The molecule has 7 aromatic rings. The molecule has 3 unspecified atom stereocenters. The van der Waals surface area contributed by atoms with E-state index in [1.807, 2.05) is 121 Å². The number of unbranched alkanes of at least 4 members (excludes halogenated alkanes) is 1. The van der Waals surface area contributed by atoms with E-state index in [-0.39, 0.29) is 63.8 Å². The number of aliphatic imine (C=N–C) groups is 1. The first kappa shape index (κ1) is 70.2. The van der Waals surface area contributed by atoms with E-state index in [0.29, 0.717) is 36.9 Å². The van der Waals surface area contributed by atoms with E-state index in [0.717, 1.165) is 65.9 Å². The molecule has 1 aliphatic carbocycles. The number of alkyl carbamates (subject to hydrolysis) is 2. The lowest BCUT2D eigenvalue weighted by Gasteiger charge is -2.24. The summed E-state index contributed by atoms with van der Waals surface area (Å²) in [7, 11) is -5.02. The number of amides is 4. The number of hydrogen-bond donors (Lipinski definition) is 10. The van der Waals surface area contributed by atoms with Gasteiger partial charge in [0.1, 0.15) is 66.5 Å². The Labute approximate surface area is 549 Å². The van der Waals surface area contributed by atoms with Crippen LogP contribution in [0.25, 0.3) is 43.8 Å². The number of nitrogens with one attached hydrogen (secondary N) is 5. The number of nitrogens with zero attached hydrogens (tertiary/aromatic N) is 3. The van der Waals surface area contributed by atoms with Crippen LogP contribution in [0.5, 0.6) is 11.5 Å². The zero-order valence-electron chi connectivity index (χ0n) is 53.6. The molecule has 7 atom stereocenters. The lowest BCUT2D eigenvalue weighted by atomic mass is 9.92. The minimum Gasteiger partial charge on any atom is -0.493 e. The van der Waals surface area contributed by atoms with Crippen LogP contribution in [0.4, 0.5) is 15.4 Å². The number of rotatable bonds is 30. The number of ether oxygens (including phenoxy) is 5. The molecular formula is C68H83N10O16P. The highest BCUT2D eigenvalue weighted by Gasteiger charge is 2.45. The number of aliphatic hydroxyl groups excluding tert-OH is 2. The summed E-state index contributed by atoms with van der Waals surface area (Å²) >= 11 is 0. The van der Waals surface area contributed by atoms with Gasteiger partial charge in [-0.05, 0) is 127 Å². The van der Waals surface area contributed by atoms with Crippen molar-refractivity contribution in [1.29, 1.82) is 0 Å². The maximum Gasteiger partial charge on any atom is 0.493 e. The first-order valence-corrected chi connectivity index (χ1v) is 33.1. The van der Waals surface area contributed by atoms with Crippen LogP contribution in [-0.4, -0.2) is 137 Å². The van der Waals surface area contributed by atoms with Gasteiger partial charge in [-0.15, -0.1) is 0 Å². The van der Waals surface area contributed by atoms with E-state index in [2.05, 4.69) is 51.2 Å². The lowest BCUT2D eigenvalue weighted by molar-refractivity contribution is -0.130. The predicted octanol–water partition coefficient (Wildman–Crippen LogP) is 7.86. The molecule has 26 nitrogen and oxygen atoms in total. The van der Waals surface area contributed by atoms with Crippen molar-refractivity contribution < 1.29 is 71.7 Å². The van der Waals surface area contributed by atoms with Gasteiger partial charge < -0.3 is 71.5 Å². The Morgan fingerprint density at radius 3 is 1.94 bits per heavy atom. The predicted molar refractivity (Wildman–Crippen MR) is 357 cm³/mol. The van der Waals surface area contributed by atoms with Gasteiger partial charge in [0.2, 0.25) is 17.8 Å². The second kappa shape index (κ2) is 32.3. The standard InChI is InChI=1S/C68H83N10O16P/c1-41(2)32-37-88-53-29-27-42-17-6-8-19-44(42)57(53)58-45-20-9-7-18-43(45)28-30-54(58)89-38-35-71-61(81)51(25-14-15-33-73-66(84)93-68(3,4)5)74-62(82)52(75-67(85)90-39-50-48-23-12-10-21-46(48)47-22-11-13-24-49(47)50)26-16-34-72-64(70)77-94-95(86,87)91-40-55-59(79)60(80)63(92-55)78-36-31-56(69)76-65(78)83/h6-13,17-24,27-31,36,41,50-52,55,59-60,63,79-80H,14-16,25-26,32-35,37-40H2,1-5H3,(H,71,81)(H,73,84)(H,74,82)(H,75,85)(H,86,87)(H2,69,76,83)(H3,70,72,77)/t51?,52?,55-,59-,60-,63-/m1/s1. The average molecular weight is 1330 g/mol. The molecule has 4 amide bonds. The summed E-state index contributed by atoms with van der Waals surface area (Å²) in [4.78, 5) is 86.1. The molecule has 95 heavy (non-hydrogen) atoms. The van der Waals surface area contributed by atoms with E-state index in [1.54, 1.807) is 20.8 Å². The van der Waals surface area contributed by atoms with Crippen LogP contribution in [0.2, 0.25) is 0 Å². The van der Waals surface area contributed by atoms with Crippen molar-refractivity contribution in [3.05, 3.63) is 155 Å². The lowest BCUT2D eigenvalue weighted by Crippen LogP contribution is -2.54. The minimum absolute atomic E-state index is 0.0108. The molecule has 1 saturated heterocycles. The van der Waals surface area contributed by atoms with Gasteiger partial charge in [-0.3, -0.25) is 23.7 Å². The van der Waals surface area contributed by atoms with Gasteiger partial charge in [0.25, 0.3) is 0 Å². The van der Waals surface area contributed by atoms with Crippen molar-refractivity contribution in [3.8, 4) is 33.8 Å². The SMILES string of the molecule is CC(C)CCOc1ccc2ccccc2c1-c1c(OCCNC(=O)C(CCCCNC(=O)OC(C)(C)C)NC(=O)C(CCCN=C(N)NOP(=O)(O)OC[C@H]2O[C@@H](n3ccc(N)nc3=O)[C@H](O)[C@@H]2O)NC(=O)OCC2c3ccccc3-c3ccccc32)ccc2ccccc12. The van der Waals surface area contributed by atoms with Crippen molar-refractivity contribution in [2.45, 2.75) is 121 Å². The number of nitrogen functional groups attached to an aromatic ring is 1. The van der Waals surface area contributed by atoms with Gasteiger partial charge in [0.05, 0.1) is 19.8 Å². The molecule has 2 heterocycles. The van der Waals surface area contributed by atoms with Crippen molar-refractivity contribution in [1.82, 2.24) is 36.3 Å². The van der Waals surface area contributed by atoms with Crippen LogP contribution in [0.15, 0.2) is 143 Å². The second-order valence-electron chi connectivity index (χ2n) is 24.5. The van der Waals surface area contributed by atoms with Crippen molar-refractivity contribution in [3.63, 3.8) is 0 Å². The molecule has 0 spiro atoms. The summed E-state index contributed by atoms with van der Waals surface area (Å²) in [5, 5.41) is 36.3. The number of fused-ring (bicyclic) bond motifs is 5. The van der Waals surface area contributed by atoms with Gasteiger partial charge in [-0.25, -0.2) is 24.4 Å². The van der Waals surface area contributed by atoms with E-state index < -0.39 is 92.3 Å². The normalized spacial score (nSPS) is 17.5. The Hall–Kier alpha value is -9.14. The fourth-order valence-electron chi connectivity index (χ4n) is 11.2. The molecule has 0 bridgehead atoms. The molecule has 6 aromatic carbocycles. The van der Waals surface area contributed by atoms with E-state index in [4.69, 9.17) is 44.3 Å². The molecule has 2 aliphatic rings. The number of aliphatic hydroxyl groups is 2. The number of aromatic nitrogens is 2. The van der Waals surface area contributed by atoms with Crippen LogP contribution in [0.3, 0.4) is 0 Å². The number of nitrogens with two attached hydrogens (primary N) is 2. The first-order chi connectivity index (χ1) is 45.5. The molecule has 0 saturated carbocycles. The Kier molecular flexibility index (Phi) is 23.9. The molecular weight excluding hydrogens is 1240 g/mol. The van der Waals surface area contributed by atoms with Gasteiger partial charge in [0, 0.05) is 36.3 Å². The largest absolute Gasteiger partial charge is 0.493 e. The van der Waals surface area contributed by atoms with E-state index >= 15 is 0 Å². The molecule has 9 rings (SSSR count). The van der Waals surface area contributed by atoms with Gasteiger partial charge in [-0.2, -0.15) is 9.61 Å². The van der Waals surface area contributed by atoms with Crippen molar-refractivity contribution >= 4 is 65.1 Å². The third-order valence-electron chi connectivity index (χ3n) is 15.9. The number of anilines is 1. The fraction of sp³-hybridized carbons (Fsp3) is 0.397. The highest BCUT2D eigenvalue weighted by Crippen LogP contribution is 2.47. The number of phosphoric acid groups is 1. The number of carbonyl (C=O) groups is 4. The number of benzene rings is 6. The van der Waals surface area contributed by atoms with E-state index in [9.17, 15) is 43.6 Å². The number of hydrogen-bond acceptors (Lipinski definition) is 18. The Bertz CT molecular complexity index is 3930. The number of phosphoric ester groups is 1. The Morgan fingerprint density at radius 2 is 1.31 bits per heavy atom. The molecule has 27 heteroatoms. The van der Waals surface area contributed by atoms with Gasteiger partial charge >= 0.3 is 25.7 Å². The highest BCUT2D eigenvalue weighted by molar-refractivity contribution is 7.47. The Balaban J connectivity index is 0.879. The summed E-state index contributed by atoms with van der Waals surface area (Å²) in [5.41, 5.74) is 17.6. The number of hydroxylamine groups is 1. The monoisotopic (exact) mass is 1330 g/mol. The summed E-state index contributed by atoms with van der Waals surface area (Å²) in [6.45, 7) is 9.28. The van der Waals surface area contributed by atoms with Gasteiger partial charge in [-0.1, -0.05) is 123 Å². The molecule has 1 fully saturated rings. The molecule has 1 aromatic heterocycles. The highest BCUT2D eigenvalue weighted by atomic mass is 31.2. The topological polar surface area (TPSA) is 370 Å². The zero-order chi connectivity index (χ0) is 67.8. The molecule has 506 valence electrons. The molecule has 0 radical (unpaired) electrons. The zero-order valence-corrected chi connectivity index (χ0v) is 54.5. The maximum absolute atomic E-state index is 14.7. The Morgan fingerprint density at radius 1 is 0.705 bits per heavy atom. The van der Waals surface area contributed by atoms with Gasteiger partial charge in [0.15, 0.2) is 6.23 Å². The van der Waals surface area contributed by atoms with Crippen LogP contribution in [-0.2, 0) is 37.5 Å². The third-order valence-corrected chi connectivity index (χ3v) is 16.7. The number of guanidine groups is 1.